The second-order valence-electron chi connectivity index (χ2n) is 16.4. The molecule has 0 bridgehead atoms. The maximum atomic E-state index is 14.5. The summed E-state index contributed by atoms with van der Waals surface area (Å²) in [5, 5.41) is 25.8. The highest BCUT2D eigenvalue weighted by molar-refractivity contribution is 5.91. The Kier molecular flexibility index (Phi) is 10.6. The molecule has 10 atom stereocenters. The first-order valence-electron chi connectivity index (χ1n) is 19.3. The Bertz CT molecular complexity index is 2110. The standard InChI is InChI=1S/C45H48O13/c1-25-31(54-26(2)46)23-44(42(4,5)52)34(25)35(48)37(56-40(50)29-18-12-8-13-19-29)43(6)32(55-39(49)28-16-10-7-11-17-28)22-33-45(24-53-33,58-27(3)47)36(43)38(44)57-41(51)30-20-14-9-15-21-30/h7-21,31-33,35-38,48,52H,22-24H2,1-6H3. The number of aliphatic hydroxyl groups excluding tert-OH is 1. The van der Waals surface area contributed by atoms with Crippen molar-refractivity contribution in [1.82, 2.24) is 0 Å². The molecule has 0 aromatic heterocycles. The highest BCUT2D eigenvalue weighted by Gasteiger charge is 2.80. The minimum atomic E-state index is -1.91. The third-order valence-electron chi connectivity index (χ3n) is 12.7. The summed E-state index contributed by atoms with van der Waals surface area (Å²) in [6, 6.07) is 24.5. The molecule has 58 heavy (non-hydrogen) atoms. The molecule has 13 heteroatoms. The molecule has 3 aromatic rings. The Hall–Kier alpha value is -5.37. The van der Waals surface area contributed by atoms with Crippen LogP contribution in [0.2, 0.25) is 0 Å². The second kappa shape index (κ2) is 15.1. The summed E-state index contributed by atoms with van der Waals surface area (Å²) in [5.41, 5.74) is -6.26. The summed E-state index contributed by atoms with van der Waals surface area (Å²) >= 11 is 0. The number of carbonyl (C=O) groups is 5. The molecular weight excluding hydrogens is 748 g/mol. The van der Waals surface area contributed by atoms with E-state index in [2.05, 4.69) is 0 Å². The van der Waals surface area contributed by atoms with Gasteiger partial charge in [0.15, 0.2) is 5.60 Å². The van der Waals surface area contributed by atoms with E-state index in [1.54, 1.807) is 92.7 Å². The van der Waals surface area contributed by atoms with Crippen molar-refractivity contribution >= 4 is 29.8 Å². The van der Waals surface area contributed by atoms with Gasteiger partial charge in [-0.15, -0.1) is 0 Å². The van der Waals surface area contributed by atoms with E-state index in [1.165, 1.54) is 39.8 Å². The molecule has 3 aliphatic carbocycles. The molecule has 2 N–H and O–H groups in total. The molecule has 1 saturated heterocycles. The van der Waals surface area contributed by atoms with Crippen molar-refractivity contribution in [3.05, 3.63) is 119 Å². The summed E-state index contributed by atoms with van der Waals surface area (Å²) in [7, 11) is 0. The highest BCUT2D eigenvalue weighted by Crippen LogP contribution is 2.69. The number of ether oxygens (including phenoxy) is 6. The molecule has 1 heterocycles. The van der Waals surface area contributed by atoms with Crippen LogP contribution in [0, 0.1) is 16.7 Å². The Morgan fingerprint density at radius 1 is 0.724 bits per heavy atom. The zero-order chi connectivity index (χ0) is 41.8. The summed E-state index contributed by atoms with van der Waals surface area (Å²) < 4.78 is 37.9. The topological polar surface area (TPSA) is 181 Å². The van der Waals surface area contributed by atoms with Gasteiger partial charge in [-0.1, -0.05) is 61.5 Å². The van der Waals surface area contributed by atoms with Crippen LogP contribution in [0.1, 0.15) is 85.5 Å². The van der Waals surface area contributed by atoms with E-state index in [4.69, 9.17) is 28.4 Å². The molecule has 13 nitrogen and oxygen atoms in total. The van der Waals surface area contributed by atoms with Crippen LogP contribution in [0.4, 0.5) is 0 Å². The monoisotopic (exact) mass is 796 g/mol. The first-order chi connectivity index (χ1) is 27.5. The Morgan fingerprint density at radius 2 is 1.21 bits per heavy atom. The van der Waals surface area contributed by atoms with Crippen LogP contribution in [-0.2, 0) is 38.0 Å². The van der Waals surface area contributed by atoms with Gasteiger partial charge in [-0.25, -0.2) is 14.4 Å². The number of benzene rings is 3. The molecule has 1 aliphatic heterocycles. The summed E-state index contributed by atoms with van der Waals surface area (Å²) in [6.07, 6.45) is -8.57. The van der Waals surface area contributed by atoms with Crippen LogP contribution in [0.25, 0.3) is 0 Å². The van der Waals surface area contributed by atoms with Gasteiger partial charge in [-0.2, -0.15) is 0 Å². The average Bonchev–Trinajstić information content (AvgIpc) is 3.45. The molecule has 4 aliphatic rings. The van der Waals surface area contributed by atoms with Crippen LogP contribution in [0.15, 0.2) is 102 Å². The van der Waals surface area contributed by atoms with E-state index in [0.29, 0.717) is 5.57 Å². The first kappa shape index (κ1) is 40.8. The zero-order valence-electron chi connectivity index (χ0n) is 33.2. The van der Waals surface area contributed by atoms with Crippen molar-refractivity contribution in [2.45, 2.75) is 102 Å². The predicted molar refractivity (Wildman–Crippen MR) is 205 cm³/mol. The van der Waals surface area contributed by atoms with Gasteiger partial charge in [0.1, 0.15) is 36.6 Å². The number of aliphatic hydroxyl groups is 2. The molecule has 3 fully saturated rings. The van der Waals surface area contributed by atoms with Crippen LogP contribution in [0.5, 0.6) is 0 Å². The number of rotatable bonds is 9. The van der Waals surface area contributed by atoms with Crippen molar-refractivity contribution in [2.75, 3.05) is 6.61 Å². The molecule has 306 valence electrons. The lowest BCUT2D eigenvalue weighted by Crippen LogP contribution is -2.79. The lowest BCUT2D eigenvalue weighted by Gasteiger charge is -2.65. The van der Waals surface area contributed by atoms with Crippen molar-refractivity contribution in [1.29, 1.82) is 0 Å². The molecule has 0 radical (unpaired) electrons. The molecule has 3 aromatic carbocycles. The van der Waals surface area contributed by atoms with Crippen molar-refractivity contribution in [2.24, 2.45) is 16.7 Å². The van der Waals surface area contributed by atoms with E-state index >= 15 is 0 Å². The van der Waals surface area contributed by atoms with E-state index in [0.717, 1.165) is 0 Å². The maximum Gasteiger partial charge on any atom is 0.338 e. The minimum Gasteiger partial charge on any atom is -0.458 e. The molecular formula is C45H48O13. The predicted octanol–water partition coefficient (Wildman–Crippen LogP) is 5.17. The van der Waals surface area contributed by atoms with Gasteiger partial charge in [0.2, 0.25) is 0 Å². The van der Waals surface area contributed by atoms with Crippen LogP contribution < -0.4 is 0 Å². The fraction of sp³-hybridized carbons (Fsp3) is 0.444. The smallest absolute Gasteiger partial charge is 0.338 e. The van der Waals surface area contributed by atoms with E-state index in [9.17, 15) is 34.2 Å². The van der Waals surface area contributed by atoms with Gasteiger partial charge in [0.05, 0.1) is 45.6 Å². The highest BCUT2D eigenvalue weighted by atomic mass is 16.6. The maximum absolute atomic E-state index is 14.5. The van der Waals surface area contributed by atoms with Gasteiger partial charge in [0, 0.05) is 26.7 Å². The quantitative estimate of drug-likeness (QED) is 0.165. The Morgan fingerprint density at radius 3 is 1.64 bits per heavy atom. The molecule has 0 amide bonds. The van der Waals surface area contributed by atoms with E-state index in [1.807, 2.05) is 0 Å². The first-order valence-corrected chi connectivity index (χ1v) is 19.3. The third-order valence-corrected chi connectivity index (χ3v) is 12.7. The Labute approximate surface area is 336 Å². The number of carbonyl (C=O) groups excluding carboxylic acids is 5. The number of hydrogen-bond donors (Lipinski definition) is 2. The Balaban J connectivity index is 1.55. The molecule has 2 saturated carbocycles. The van der Waals surface area contributed by atoms with Gasteiger partial charge >= 0.3 is 29.8 Å². The van der Waals surface area contributed by atoms with Gasteiger partial charge < -0.3 is 38.6 Å². The third kappa shape index (κ3) is 6.58. The fourth-order valence-electron chi connectivity index (χ4n) is 10.2. The minimum absolute atomic E-state index is 0.0894. The van der Waals surface area contributed by atoms with E-state index < -0.39 is 94.4 Å². The van der Waals surface area contributed by atoms with Crippen molar-refractivity contribution in [3.8, 4) is 0 Å². The molecule has 0 spiro atoms. The number of fused-ring (bicyclic) bond motifs is 4. The van der Waals surface area contributed by atoms with Crippen LogP contribution in [-0.4, -0.2) is 94.5 Å². The average molecular weight is 797 g/mol. The van der Waals surface area contributed by atoms with Gasteiger partial charge in [0.25, 0.3) is 0 Å². The SMILES string of the molecule is CC(=O)OC1CC2(C(C)(C)O)C(=C1C)C(O)C(OC(=O)c1ccccc1)C1(C)C(OC(=O)c3ccccc3)CC3OCC3(OC(C)=O)C1C2OC(=O)c1ccccc1. The summed E-state index contributed by atoms with van der Waals surface area (Å²) in [4.78, 5) is 68.8. The normalized spacial score (nSPS) is 32.5. The van der Waals surface area contributed by atoms with Crippen molar-refractivity contribution < 1.29 is 62.6 Å². The lowest BCUT2D eigenvalue weighted by molar-refractivity contribution is -0.350. The molecule has 7 rings (SSSR count). The lowest BCUT2D eigenvalue weighted by atomic mass is 9.49. The summed E-state index contributed by atoms with van der Waals surface area (Å²) in [6.45, 7) is 8.49. The number of esters is 5. The van der Waals surface area contributed by atoms with Crippen LogP contribution in [0.3, 0.4) is 0 Å². The largest absolute Gasteiger partial charge is 0.458 e. The van der Waals surface area contributed by atoms with Gasteiger partial charge in [-0.05, 0) is 68.3 Å². The fourth-order valence-corrected chi connectivity index (χ4v) is 10.2. The molecule has 10 unspecified atom stereocenters. The second-order valence-corrected chi connectivity index (χ2v) is 16.4. The number of hydrogen-bond acceptors (Lipinski definition) is 13. The summed E-state index contributed by atoms with van der Waals surface area (Å²) in [5.74, 6) is -5.10. The van der Waals surface area contributed by atoms with Crippen LogP contribution >= 0.6 is 0 Å². The van der Waals surface area contributed by atoms with Crippen molar-refractivity contribution in [3.63, 3.8) is 0 Å². The van der Waals surface area contributed by atoms with Gasteiger partial charge in [-0.3, -0.25) is 9.59 Å². The zero-order valence-corrected chi connectivity index (χ0v) is 33.2. The van der Waals surface area contributed by atoms with E-state index in [-0.39, 0.29) is 41.7 Å².